The van der Waals surface area contributed by atoms with Crippen molar-refractivity contribution < 1.29 is 9.59 Å². The van der Waals surface area contributed by atoms with Crippen molar-refractivity contribution in [2.75, 3.05) is 16.0 Å². The minimum atomic E-state index is -0.635. The number of hydrogen-bond acceptors (Lipinski definition) is 3. The molecule has 1 atom stereocenters. The van der Waals surface area contributed by atoms with Gasteiger partial charge in [-0.1, -0.05) is 54.1 Å². The van der Waals surface area contributed by atoms with Gasteiger partial charge in [-0.2, -0.15) is 0 Å². The Morgan fingerprint density at radius 3 is 2.21 bits per heavy atom. The van der Waals surface area contributed by atoms with E-state index in [1.807, 2.05) is 61.5 Å². The van der Waals surface area contributed by atoms with Crippen molar-refractivity contribution in [3.63, 3.8) is 0 Å². The van der Waals surface area contributed by atoms with Gasteiger partial charge in [-0.3, -0.25) is 9.59 Å². The fraction of sp³-hybridized carbons (Fsp3) is 0.130. The maximum absolute atomic E-state index is 13.1. The van der Waals surface area contributed by atoms with Gasteiger partial charge in [-0.05, 0) is 48.4 Å². The van der Waals surface area contributed by atoms with Crippen LogP contribution in [-0.2, 0) is 9.59 Å². The molecule has 0 heterocycles. The molecular formula is C23H22ClN3O2. The van der Waals surface area contributed by atoms with Crippen LogP contribution in [0.4, 0.5) is 17.1 Å². The van der Waals surface area contributed by atoms with Gasteiger partial charge in [0.05, 0.1) is 0 Å². The van der Waals surface area contributed by atoms with Gasteiger partial charge in [-0.25, -0.2) is 0 Å². The summed E-state index contributed by atoms with van der Waals surface area (Å²) in [5.41, 5.74) is 3.74. The molecule has 3 rings (SSSR count). The van der Waals surface area contributed by atoms with Gasteiger partial charge in [0.1, 0.15) is 6.04 Å². The van der Waals surface area contributed by atoms with Crippen LogP contribution in [0, 0.1) is 6.92 Å². The first-order chi connectivity index (χ1) is 13.9. The van der Waals surface area contributed by atoms with Crippen molar-refractivity contribution in [2.24, 2.45) is 0 Å². The first-order valence-electron chi connectivity index (χ1n) is 9.18. The van der Waals surface area contributed by atoms with Crippen LogP contribution in [0.5, 0.6) is 0 Å². The Morgan fingerprint density at radius 1 is 0.828 bits per heavy atom. The fourth-order valence-electron chi connectivity index (χ4n) is 2.89. The van der Waals surface area contributed by atoms with Gasteiger partial charge in [0, 0.05) is 29.0 Å². The average Bonchev–Trinajstić information content (AvgIpc) is 2.69. The van der Waals surface area contributed by atoms with Gasteiger partial charge in [-0.15, -0.1) is 0 Å². The first-order valence-corrected chi connectivity index (χ1v) is 9.56. The summed E-state index contributed by atoms with van der Waals surface area (Å²) in [6, 6.07) is 21.4. The zero-order valence-corrected chi connectivity index (χ0v) is 17.0. The van der Waals surface area contributed by atoms with Crippen molar-refractivity contribution in [1.29, 1.82) is 0 Å². The summed E-state index contributed by atoms with van der Waals surface area (Å²) < 4.78 is 0. The molecule has 0 aliphatic heterocycles. The third-order valence-corrected chi connectivity index (χ3v) is 4.74. The van der Waals surface area contributed by atoms with E-state index in [-0.39, 0.29) is 11.8 Å². The number of anilines is 3. The van der Waals surface area contributed by atoms with Gasteiger partial charge < -0.3 is 16.0 Å². The summed E-state index contributed by atoms with van der Waals surface area (Å²) in [5.74, 6) is -0.378. The largest absolute Gasteiger partial charge is 0.370 e. The number of rotatable bonds is 6. The van der Waals surface area contributed by atoms with Crippen LogP contribution >= 0.6 is 11.6 Å². The normalized spacial score (nSPS) is 11.4. The summed E-state index contributed by atoms with van der Waals surface area (Å²) in [4.78, 5) is 24.4. The second-order valence-corrected chi connectivity index (χ2v) is 7.11. The summed E-state index contributed by atoms with van der Waals surface area (Å²) in [5, 5.41) is 9.52. The molecule has 0 fully saturated rings. The van der Waals surface area contributed by atoms with Crippen LogP contribution in [0.3, 0.4) is 0 Å². The van der Waals surface area contributed by atoms with Crippen molar-refractivity contribution in [3.05, 3.63) is 88.9 Å². The number of carbonyl (C=O) groups is 2. The lowest BCUT2D eigenvalue weighted by atomic mass is 10.1. The third-order valence-electron chi connectivity index (χ3n) is 4.33. The molecule has 6 heteroatoms. The van der Waals surface area contributed by atoms with E-state index in [1.165, 1.54) is 6.92 Å². The third kappa shape index (κ3) is 5.59. The number of halogens is 1. The van der Waals surface area contributed by atoms with Gasteiger partial charge in [0.2, 0.25) is 5.91 Å². The van der Waals surface area contributed by atoms with Crippen LogP contribution < -0.4 is 16.0 Å². The van der Waals surface area contributed by atoms with E-state index in [2.05, 4.69) is 16.0 Å². The number of benzene rings is 3. The molecule has 0 aliphatic rings. The Kier molecular flexibility index (Phi) is 6.52. The molecular weight excluding hydrogens is 386 g/mol. The zero-order chi connectivity index (χ0) is 20.8. The minimum absolute atomic E-state index is 0.157. The van der Waals surface area contributed by atoms with Crippen LogP contribution in [-0.4, -0.2) is 11.8 Å². The van der Waals surface area contributed by atoms with Crippen LogP contribution in [0.1, 0.15) is 24.1 Å². The van der Waals surface area contributed by atoms with Crippen LogP contribution in [0.25, 0.3) is 0 Å². The monoisotopic (exact) mass is 407 g/mol. The highest BCUT2D eigenvalue weighted by atomic mass is 35.5. The van der Waals surface area contributed by atoms with E-state index in [4.69, 9.17) is 11.6 Å². The summed E-state index contributed by atoms with van der Waals surface area (Å²) >= 11 is 6.18. The van der Waals surface area contributed by atoms with E-state index in [0.717, 1.165) is 11.1 Å². The number of nitrogens with one attached hydrogen (secondary N) is 3. The Balaban J connectivity index is 1.86. The van der Waals surface area contributed by atoms with Crippen molar-refractivity contribution in [1.82, 2.24) is 0 Å². The maximum atomic E-state index is 13.1. The molecule has 0 unspecified atom stereocenters. The lowest BCUT2D eigenvalue weighted by Gasteiger charge is -2.21. The molecule has 5 nitrogen and oxygen atoms in total. The van der Waals surface area contributed by atoms with E-state index in [0.29, 0.717) is 22.1 Å². The molecule has 29 heavy (non-hydrogen) atoms. The molecule has 0 bridgehead atoms. The Hall–Kier alpha value is -3.31. The van der Waals surface area contributed by atoms with Crippen molar-refractivity contribution in [3.8, 4) is 0 Å². The van der Waals surface area contributed by atoms with Crippen LogP contribution in [0.15, 0.2) is 72.8 Å². The SMILES string of the molecule is CC(=O)Nc1cccc(N[C@H](C(=O)Nc2ccc(C)c(Cl)c2)c2ccccc2)c1. The van der Waals surface area contributed by atoms with Crippen LogP contribution in [0.2, 0.25) is 5.02 Å². The smallest absolute Gasteiger partial charge is 0.251 e. The Morgan fingerprint density at radius 2 is 1.52 bits per heavy atom. The number of aryl methyl sites for hydroxylation is 1. The molecule has 0 aliphatic carbocycles. The number of hydrogen-bond donors (Lipinski definition) is 3. The predicted octanol–water partition coefficient (Wildman–Crippen LogP) is 5.40. The Labute approximate surface area is 175 Å². The van der Waals surface area contributed by atoms with E-state index in [9.17, 15) is 9.59 Å². The summed E-state index contributed by atoms with van der Waals surface area (Å²) in [7, 11) is 0. The number of amides is 2. The molecule has 0 spiro atoms. The molecule has 3 aromatic carbocycles. The standard InChI is InChI=1S/C23H22ClN3O2/c1-15-11-12-20(14-21(15)24)27-23(29)22(17-7-4-3-5-8-17)26-19-10-6-9-18(13-19)25-16(2)28/h3-14,22,26H,1-2H3,(H,25,28)(H,27,29)/t22-/m0/s1. The van der Waals surface area contributed by atoms with E-state index >= 15 is 0 Å². The topological polar surface area (TPSA) is 70.2 Å². The lowest BCUT2D eigenvalue weighted by Crippen LogP contribution is -2.27. The van der Waals surface area contributed by atoms with Gasteiger partial charge >= 0.3 is 0 Å². The Bertz CT molecular complexity index is 1020. The highest BCUT2D eigenvalue weighted by Crippen LogP contribution is 2.25. The second-order valence-electron chi connectivity index (χ2n) is 6.70. The van der Waals surface area contributed by atoms with Gasteiger partial charge in [0.15, 0.2) is 0 Å². The molecule has 2 amide bonds. The number of carbonyl (C=O) groups excluding carboxylic acids is 2. The van der Waals surface area contributed by atoms with Crippen molar-refractivity contribution in [2.45, 2.75) is 19.9 Å². The summed E-state index contributed by atoms with van der Waals surface area (Å²) in [6.07, 6.45) is 0. The average molecular weight is 408 g/mol. The van der Waals surface area contributed by atoms with Gasteiger partial charge in [0.25, 0.3) is 5.91 Å². The fourth-order valence-corrected chi connectivity index (χ4v) is 3.07. The molecule has 148 valence electrons. The molecule has 0 saturated carbocycles. The van der Waals surface area contributed by atoms with Crippen molar-refractivity contribution >= 4 is 40.5 Å². The predicted molar refractivity (Wildman–Crippen MR) is 118 cm³/mol. The highest BCUT2D eigenvalue weighted by Gasteiger charge is 2.21. The second kappa shape index (κ2) is 9.26. The summed E-state index contributed by atoms with van der Waals surface area (Å²) in [6.45, 7) is 3.36. The quantitative estimate of drug-likeness (QED) is 0.512. The molecule has 3 N–H and O–H groups in total. The zero-order valence-electron chi connectivity index (χ0n) is 16.2. The highest BCUT2D eigenvalue weighted by molar-refractivity contribution is 6.31. The minimum Gasteiger partial charge on any atom is -0.370 e. The molecule has 0 radical (unpaired) electrons. The van der Waals surface area contributed by atoms with E-state index in [1.54, 1.807) is 18.2 Å². The lowest BCUT2D eigenvalue weighted by molar-refractivity contribution is -0.117. The first kappa shape index (κ1) is 20.4. The maximum Gasteiger partial charge on any atom is 0.251 e. The van der Waals surface area contributed by atoms with E-state index < -0.39 is 6.04 Å². The molecule has 0 aromatic heterocycles. The molecule has 0 saturated heterocycles. The molecule has 3 aromatic rings.